The molecule has 0 aromatic heterocycles. The predicted molar refractivity (Wildman–Crippen MR) is 287 cm³/mol. The number of aliphatic carboxylic acids is 7. The van der Waals surface area contributed by atoms with Gasteiger partial charge in [-0.3, -0.25) is 52.7 Å². The van der Waals surface area contributed by atoms with Gasteiger partial charge in [-0.05, 0) is 59.3 Å². The number of rotatable bonds is 32. The number of nitrogens with one attached hydrogen (secondary N) is 4. The summed E-state index contributed by atoms with van der Waals surface area (Å²) < 4.78 is 9.68. The van der Waals surface area contributed by atoms with Crippen LogP contribution in [0.2, 0.25) is 0 Å². The van der Waals surface area contributed by atoms with Crippen molar-refractivity contribution in [3.8, 4) is 0 Å². The average Bonchev–Trinajstić information content (AvgIpc) is 3.37. The van der Waals surface area contributed by atoms with Crippen LogP contribution in [-0.2, 0) is 71.8 Å². The van der Waals surface area contributed by atoms with Crippen molar-refractivity contribution in [3.05, 3.63) is 0 Å². The quantitative estimate of drug-likeness (QED) is 0.0338. The Hall–Kier alpha value is -7.01. The van der Waals surface area contributed by atoms with Crippen LogP contribution in [0.1, 0.15) is 168 Å². The van der Waals surface area contributed by atoms with Crippen LogP contribution in [0.3, 0.4) is 0 Å². The zero-order valence-corrected chi connectivity index (χ0v) is 49.4. The number of amides is 4. The van der Waals surface area contributed by atoms with Gasteiger partial charge in [-0.15, -0.1) is 0 Å². The monoisotopic (exact) mass is 1170 g/mol. The molecule has 0 aromatic carbocycles. The van der Waals surface area contributed by atoms with Crippen molar-refractivity contribution in [2.75, 3.05) is 33.0 Å². The number of aliphatic hydroxyl groups excluding tert-OH is 3. The molecule has 0 spiro atoms. The molecule has 0 fully saturated rings. The van der Waals surface area contributed by atoms with Crippen LogP contribution < -0.4 is 21.3 Å². The predicted octanol–water partition coefficient (Wildman–Crippen LogP) is 2.03. The van der Waals surface area contributed by atoms with Gasteiger partial charge in [0.2, 0.25) is 29.2 Å². The summed E-state index contributed by atoms with van der Waals surface area (Å²) in [7, 11) is 0. The van der Waals surface area contributed by atoms with E-state index in [1.54, 1.807) is 69.2 Å². The second kappa shape index (κ2) is 39.4. The van der Waals surface area contributed by atoms with Crippen LogP contribution in [0.15, 0.2) is 0 Å². The molecule has 14 N–H and O–H groups in total. The molecule has 0 radical (unpaired) electrons. The molecule has 29 heteroatoms. The fraction of sp³-hybridized carbons (Fsp3) is 0.750. The van der Waals surface area contributed by atoms with Crippen molar-refractivity contribution in [2.45, 2.75) is 191 Å². The molecule has 29 nitrogen and oxygen atoms in total. The van der Waals surface area contributed by atoms with Gasteiger partial charge in [0.15, 0.2) is 0 Å². The topological polar surface area (TPSA) is 491 Å². The van der Waals surface area contributed by atoms with Crippen molar-refractivity contribution in [3.63, 3.8) is 0 Å². The summed E-state index contributed by atoms with van der Waals surface area (Å²) in [6, 6.07) is -2.18. The first-order valence-corrected chi connectivity index (χ1v) is 25.8. The first-order valence-electron chi connectivity index (χ1n) is 25.8. The molecule has 0 saturated carbocycles. The van der Waals surface area contributed by atoms with Gasteiger partial charge in [-0.25, -0.2) is 9.59 Å². The molecular formula is C52H92N4O25. The van der Waals surface area contributed by atoms with Crippen molar-refractivity contribution in [2.24, 2.45) is 27.6 Å². The fourth-order valence-electron chi connectivity index (χ4n) is 4.69. The number of carboxylic acid groups (broad SMARTS) is 7. The van der Waals surface area contributed by atoms with Gasteiger partial charge in [0.25, 0.3) is 0 Å². The minimum Gasteiger partial charge on any atom is -0.481 e. The van der Waals surface area contributed by atoms with E-state index in [1.807, 2.05) is 27.7 Å². The SMILES string of the molecule is CCC(C)(C)C(=O)NC(CC(=O)O)C(=O)O.CCC(C)(C)C(=O)NC(CO)(CO)CO.CCC(C)(C)C(=O)NCC(=O)O.CCC(C)(C)C(=O)OCCCC(=O)OC(CC(=O)O)(CC(=O)O)C(=O)O.CCC(C)C(=O)NC(C)C(=O)O. The molecule has 3 unspecified atom stereocenters. The Morgan fingerprint density at radius 1 is 0.519 bits per heavy atom. The lowest BCUT2D eigenvalue weighted by Gasteiger charge is -2.33. The molecule has 0 aliphatic carbocycles. The number of hydrogen-bond donors (Lipinski definition) is 14. The average molecular weight is 1170 g/mol. The zero-order valence-electron chi connectivity index (χ0n) is 49.4. The summed E-state index contributed by atoms with van der Waals surface area (Å²) in [6.45, 7) is 24.4. The largest absolute Gasteiger partial charge is 0.481 e. The Morgan fingerprint density at radius 2 is 0.938 bits per heavy atom. The van der Waals surface area contributed by atoms with Crippen molar-refractivity contribution in [1.29, 1.82) is 0 Å². The van der Waals surface area contributed by atoms with Gasteiger partial charge in [0, 0.05) is 28.6 Å². The number of carboxylic acids is 7. The third-order valence-electron chi connectivity index (χ3n) is 12.7. The van der Waals surface area contributed by atoms with Crippen molar-refractivity contribution >= 4 is 77.4 Å². The molecule has 3 atom stereocenters. The van der Waals surface area contributed by atoms with Crippen LogP contribution in [0.5, 0.6) is 0 Å². The zero-order chi connectivity index (χ0) is 65.1. The molecule has 0 heterocycles. The highest BCUT2D eigenvalue weighted by atomic mass is 16.6. The van der Waals surface area contributed by atoms with E-state index in [4.69, 9.17) is 55.8 Å². The van der Waals surface area contributed by atoms with Gasteiger partial charge in [-0.2, -0.15) is 0 Å². The fourth-order valence-corrected chi connectivity index (χ4v) is 4.69. The number of carbonyl (C=O) groups excluding carboxylic acids is 6. The Balaban J connectivity index is -0.000000308. The number of carbonyl (C=O) groups is 13. The van der Waals surface area contributed by atoms with E-state index in [0.717, 1.165) is 6.42 Å². The standard InChI is InChI=1S/C16H24O10.C10H17NO5.C10H21NO4.2C8H15NO3/c1-4-15(2,3)14(24)25-7-5-6-12(21)26-16(13(22)23,8-10(17)18)9-11(19)20;1-4-10(2,3)9(16)11-6(8(14)15)5-7(12)13;1-4-9(2,3)8(15)11-10(5-12,6-13)7-14;1-4-8(2,3)7(12)9-5-6(10)11;1-4-5(2)7(10)9-6(3)8(11)12/h4-9H2,1-3H3,(H,17,18)(H,19,20)(H,22,23);6H,4-5H2,1-3H3,(H,11,16)(H,12,13)(H,14,15);12-14H,4-7H2,1-3H3,(H,11,15);4-5H2,1-3H3,(H,9,12)(H,10,11);5-6H,4H2,1-3H3,(H,9,10)(H,11,12). The maximum atomic E-state index is 11.8. The van der Waals surface area contributed by atoms with Gasteiger partial charge >= 0.3 is 53.7 Å². The van der Waals surface area contributed by atoms with Crippen LogP contribution in [0.25, 0.3) is 0 Å². The molecule has 0 aliphatic heterocycles. The third-order valence-corrected chi connectivity index (χ3v) is 12.7. The molecule has 81 heavy (non-hydrogen) atoms. The highest BCUT2D eigenvalue weighted by molar-refractivity contribution is 5.91. The summed E-state index contributed by atoms with van der Waals surface area (Å²) >= 11 is 0. The van der Waals surface area contributed by atoms with Crippen molar-refractivity contribution in [1.82, 2.24) is 21.3 Å². The Morgan fingerprint density at radius 3 is 1.27 bits per heavy atom. The second-order valence-electron chi connectivity index (χ2n) is 21.2. The summed E-state index contributed by atoms with van der Waals surface area (Å²) in [4.78, 5) is 144. The number of aliphatic hydroxyl groups is 3. The number of hydrogen-bond acceptors (Lipinski definition) is 18. The molecule has 4 amide bonds. The number of ether oxygens (including phenoxy) is 2. The molecule has 0 aliphatic rings. The smallest absolute Gasteiger partial charge is 0.349 e. The van der Waals surface area contributed by atoms with Gasteiger partial charge < -0.3 is 81.8 Å². The van der Waals surface area contributed by atoms with Crippen LogP contribution in [0, 0.1) is 27.6 Å². The highest BCUT2D eigenvalue weighted by Gasteiger charge is 2.47. The first-order chi connectivity index (χ1) is 36.8. The lowest BCUT2D eigenvalue weighted by Crippen LogP contribution is -2.59. The second-order valence-corrected chi connectivity index (χ2v) is 21.2. The van der Waals surface area contributed by atoms with Crippen molar-refractivity contribution < 1.29 is 123 Å². The van der Waals surface area contributed by atoms with Crippen LogP contribution >= 0.6 is 0 Å². The summed E-state index contributed by atoms with van der Waals surface area (Å²) in [5, 5.41) is 97.2. The lowest BCUT2D eigenvalue weighted by atomic mass is 9.87. The molecule has 0 rings (SSSR count). The van der Waals surface area contributed by atoms with E-state index in [-0.39, 0.29) is 49.6 Å². The van der Waals surface area contributed by atoms with E-state index in [2.05, 4.69) is 26.0 Å². The molecule has 0 bridgehead atoms. The third kappa shape index (κ3) is 35.4. The highest BCUT2D eigenvalue weighted by Crippen LogP contribution is 2.25. The van der Waals surface area contributed by atoms with Gasteiger partial charge in [0.1, 0.15) is 24.2 Å². The maximum Gasteiger partial charge on any atom is 0.349 e. The summed E-state index contributed by atoms with van der Waals surface area (Å²) in [5.74, 6) is -12.6. The summed E-state index contributed by atoms with van der Waals surface area (Å²) in [5.41, 5.74) is -6.46. The number of esters is 2. The van der Waals surface area contributed by atoms with Crippen LogP contribution in [-0.4, -0.2) is 185 Å². The molecule has 470 valence electrons. The molecule has 0 saturated heterocycles. The van der Waals surface area contributed by atoms with Crippen LogP contribution in [0.4, 0.5) is 0 Å². The first kappa shape index (κ1) is 82.8. The van der Waals surface area contributed by atoms with E-state index in [9.17, 15) is 62.3 Å². The van der Waals surface area contributed by atoms with E-state index < -0.39 is 144 Å². The normalized spacial score (nSPS) is 12.4. The molecular weight excluding hydrogens is 1080 g/mol. The van der Waals surface area contributed by atoms with Gasteiger partial charge in [0.05, 0.1) is 51.1 Å². The molecule has 0 aromatic rings. The Labute approximate surface area is 472 Å². The van der Waals surface area contributed by atoms with Gasteiger partial charge in [-0.1, -0.05) is 83.1 Å². The Kier molecular flexibility index (Phi) is 40.3. The minimum atomic E-state index is -2.70. The lowest BCUT2D eigenvalue weighted by molar-refractivity contribution is -0.186. The van der Waals surface area contributed by atoms with E-state index >= 15 is 0 Å². The Bertz CT molecular complexity index is 2060. The summed E-state index contributed by atoms with van der Waals surface area (Å²) in [6.07, 6.45) is -0.222. The minimum absolute atomic E-state index is 0.0141. The van der Waals surface area contributed by atoms with E-state index in [1.165, 1.54) is 6.92 Å². The maximum absolute atomic E-state index is 11.8. The van der Waals surface area contributed by atoms with E-state index in [0.29, 0.717) is 25.7 Å².